The van der Waals surface area contributed by atoms with Crippen molar-refractivity contribution in [3.05, 3.63) is 24.3 Å². The van der Waals surface area contributed by atoms with Gasteiger partial charge in [-0.3, -0.25) is 4.79 Å². The van der Waals surface area contributed by atoms with E-state index >= 15 is 0 Å². The zero-order valence-electron chi connectivity index (χ0n) is 11.5. The van der Waals surface area contributed by atoms with E-state index < -0.39 is 0 Å². The second kappa shape index (κ2) is 6.69. The molecule has 3 nitrogen and oxygen atoms in total. The summed E-state index contributed by atoms with van der Waals surface area (Å²) in [4.78, 5) is 13.7. The molecule has 0 heterocycles. The average molecular weight is 266 g/mol. The van der Waals surface area contributed by atoms with Crippen LogP contribution in [0.15, 0.2) is 24.3 Å². The van der Waals surface area contributed by atoms with Crippen molar-refractivity contribution in [2.45, 2.75) is 26.0 Å². The lowest BCUT2D eigenvalue weighted by atomic mass is 10.2. The van der Waals surface area contributed by atoms with Crippen molar-refractivity contribution in [3.63, 3.8) is 0 Å². The molecular formula is C14H22N2OS. The van der Waals surface area contributed by atoms with Gasteiger partial charge >= 0.3 is 0 Å². The molecule has 0 bridgehead atoms. The second-order valence-electron chi connectivity index (χ2n) is 4.80. The Morgan fingerprint density at radius 3 is 2.33 bits per heavy atom. The molecule has 0 aliphatic carbocycles. The number of nitrogens with two attached hydrogens (primary N) is 1. The first-order valence-corrected chi connectivity index (χ1v) is 7.20. The molecule has 1 amide bonds. The van der Waals surface area contributed by atoms with E-state index in [9.17, 15) is 4.79 Å². The average Bonchev–Trinajstić information content (AvgIpc) is 2.35. The number of hydrogen-bond donors (Lipinski definition) is 1. The van der Waals surface area contributed by atoms with Gasteiger partial charge in [-0.1, -0.05) is 20.8 Å². The van der Waals surface area contributed by atoms with Crippen LogP contribution in [0, 0.1) is 5.92 Å². The number of rotatable bonds is 5. The minimum absolute atomic E-state index is 0.122. The lowest BCUT2D eigenvalue weighted by Crippen LogP contribution is -2.28. The van der Waals surface area contributed by atoms with Gasteiger partial charge in [0.15, 0.2) is 0 Å². The standard InChI is InChI=1S/C14H22N2OS/c1-10(2)11(3)18-9-14(17)16(4)13-7-5-12(15)6-8-13/h5-8,10-11H,9,15H2,1-4H3. The molecule has 1 atom stereocenters. The maximum atomic E-state index is 12.0. The van der Waals surface area contributed by atoms with E-state index in [0.29, 0.717) is 22.6 Å². The molecule has 18 heavy (non-hydrogen) atoms. The van der Waals surface area contributed by atoms with Crippen molar-refractivity contribution in [2.24, 2.45) is 5.92 Å². The van der Waals surface area contributed by atoms with Gasteiger partial charge in [0.05, 0.1) is 5.75 Å². The minimum Gasteiger partial charge on any atom is -0.399 e. The molecule has 0 saturated carbocycles. The van der Waals surface area contributed by atoms with Crippen LogP contribution in [0.4, 0.5) is 11.4 Å². The molecule has 0 aromatic heterocycles. The summed E-state index contributed by atoms with van der Waals surface area (Å²) < 4.78 is 0. The predicted molar refractivity (Wildman–Crippen MR) is 81.0 cm³/mol. The molecule has 4 heteroatoms. The number of amides is 1. The molecule has 100 valence electrons. The molecule has 0 radical (unpaired) electrons. The summed E-state index contributed by atoms with van der Waals surface area (Å²) in [7, 11) is 1.80. The van der Waals surface area contributed by atoms with Crippen LogP contribution in [-0.2, 0) is 4.79 Å². The van der Waals surface area contributed by atoms with Crippen LogP contribution in [0.1, 0.15) is 20.8 Å². The summed E-state index contributed by atoms with van der Waals surface area (Å²) in [6.45, 7) is 6.50. The molecule has 1 aromatic carbocycles. The number of nitrogens with zero attached hydrogens (tertiary/aromatic N) is 1. The number of anilines is 2. The lowest BCUT2D eigenvalue weighted by Gasteiger charge is -2.20. The summed E-state index contributed by atoms with van der Waals surface area (Å²) in [5.41, 5.74) is 7.22. The Morgan fingerprint density at radius 2 is 1.83 bits per heavy atom. The van der Waals surface area contributed by atoms with Crippen LogP contribution in [0.2, 0.25) is 0 Å². The van der Waals surface area contributed by atoms with Crippen molar-refractivity contribution in [2.75, 3.05) is 23.4 Å². The number of nitrogen functional groups attached to an aromatic ring is 1. The quantitative estimate of drug-likeness (QED) is 0.833. The molecule has 0 aliphatic rings. The van der Waals surface area contributed by atoms with Crippen molar-refractivity contribution < 1.29 is 4.79 Å². The largest absolute Gasteiger partial charge is 0.399 e. The summed E-state index contributed by atoms with van der Waals surface area (Å²) >= 11 is 1.70. The Balaban J connectivity index is 2.54. The topological polar surface area (TPSA) is 46.3 Å². The van der Waals surface area contributed by atoms with Gasteiger partial charge in [-0.25, -0.2) is 0 Å². The third kappa shape index (κ3) is 4.26. The van der Waals surface area contributed by atoms with E-state index in [4.69, 9.17) is 5.73 Å². The van der Waals surface area contributed by atoms with Crippen molar-refractivity contribution in [1.29, 1.82) is 0 Å². The molecule has 0 aliphatic heterocycles. The number of hydrogen-bond acceptors (Lipinski definition) is 3. The third-order valence-corrected chi connectivity index (χ3v) is 4.55. The molecule has 1 rings (SSSR count). The van der Waals surface area contributed by atoms with E-state index in [1.54, 1.807) is 23.7 Å². The fraction of sp³-hybridized carbons (Fsp3) is 0.500. The van der Waals surface area contributed by atoms with Crippen LogP contribution in [0.25, 0.3) is 0 Å². The number of thioether (sulfide) groups is 1. The lowest BCUT2D eigenvalue weighted by molar-refractivity contribution is -0.115. The highest BCUT2D eigenvalue weighted by Gasteiger charge is 2.14. The SMILES string of the molecule is CC(C)C(C)SCC(=O)N(C)c1ccc(N)cc1. The Labute approximate surface area is 114 Å². The van der Waals surface area contributed by atoms with E-state index in [1.807, 2.05) is 24.3 Å². The molecule has 0 spiro atoms. The zero-order chi connectivity index (χ0) is 13.7. The van der Waals surface area contributed by atoms with E-state index in [-0.39, 0.29) is 5.91 Å². The molecular weight excluding hydrogens is 244 g/mol. The van der Waals surface area contributed by atoms with Crippen LogP contribution < -0.4 is 10.6 Å². The van der Waals surface area contributed by atoms with Crippen LogP contribution >= 0.6 is 11.8 Å². The highest BCUT2D eigenvalue weighted by Crippen LogP contribution is 2.21. The van der Waals surface area contributed by atoms with Gasteiger partial charge < -0.3 is 10.6 Å². The van der Waals surface area contributed by atoms with Gasteiger partial charge in [0.1, 0.15) is 0 Å². The van der Waals surface area contributed by atoms with Gasteiger partial charge in [0, 0.05) is 23.7 Å². The Hall–Kier alpha value is -1.16. The molecule has 2 N–H and O–H groups in total. The molecule has 1 unspecified atom stereocenters. The maximum absolute atomic E-state index is 12.0. The summed E-state index contributed by atoms with van der Waals surface area (Å²) in [5, 5.41) is 0.494. The summed E-state index contributed by atoms with van der Waals surface area (Å²) in [6.07, 6.45) is 0. The third-order valence-electron chi connectivity index (χ3n) is 3.06. The molecule has 0 fully saturated rings. The van der Waals surface area contributed by atoms with Crippen LogP contribution in [-0.4, -0.2) is 24.0 Å². The minimum atomic E-state index is 0.122. The predicted octanol–water partition coefficient (Wildman–Crippen LogP) is 3.01. The van der Waals surface area contributed by atoms with Gasteiger partial charge in [-0.05, 0) is 30.2 Å². The van der Waals surface area contributed by atoms with Crippen LogP contribution in [0.3, 0.4) is 0 Å². The van der Waals surface area contributed by atoms with Gasteiger partial charge in [0.2, 0.25) is 5.91 Å². The summed E-state index contributed by atoms with van der Waals surface area (Å²) in [5.74, 6) is 1.22. The van der Waals surface area contributed by atoms with Crippen molar-refractivity contribution in [1.82, 2.24) is 0 Å². The number of carbonyl (C=O) groups excluding carboxylic acids is 1. The second-order valence-corrected chi connectivity index (χ2v) is 6.17. The maximum Gasteiger partial charge on any atom is 0.236 e. The molecule has 0 saturated heterocycles. The number of benzene rings is 1. The monoisotopic (exact) mass is 266 g/mol. The summed E-state index contributed by atoms with van der Waals surface area (Å²) in [6, 6.07) is 7.35. The molecule has 1 aromatic rings. The zero-order valence-corrected chi connectivity index (χ0v) is 12.3. The van der Waals surface area contributed by atoms with Crippen molar-refractivity contribution >= 4 is 29.0 Å². The van der Waals surface area contributed by atoms with Gasteiger partial charge in [-0.15, -0.1) is 11.8 Å². The normalized spacial score (nSPS) is 12.5. The smallest absolute Gasteiger partial charge is 0.236 e. The first kappa shape index (κ1) is 14.9. The fourth-order valence-electron chi connectivity index (χ4n) is 1.33. The fourth-order valence-corrected chi connectivity index (χ4v) is 2.32. The van der Waals surface area contributed by atoms with Gasteiger partial charge in [-0.2, -0.15) is 0 Å². The van der Waals surface area contributed by atoms with Crippen LogP contribution in [0.5, 0.6) is 0 Å². The highest BCUT2D eigenvalue weighted by atomic mass is 32.2. The Bertz CT molecular complexity index is 389. The Kier molecular flexibility index (Phi) is 5.54. The highest BCUT2D eigenvalue weighted by molar-refractivity contribution is 8.00. The van der Waals surface area contributed by atoms with E-state index in [1.165, 1.54) is 0 Å². The number of carbonyl (C=O) groups is 1. The first-order valence-electron chi connectivity index (χ1n) is 6.15. The first-order chi connectivity index (χ1) is 8.41. The van der Waals surface area contributed by atoms with Gasteiger partial charge in [0.25, 0.3) is 0 Å². The van der Waals surface area contributed by atoms with E-state index in [2.05, 4.69) is 20.8 Å². The Morgan fingerprint density at radius 1 is 1.28 bits per heavy atom. The van der Waals surface area contributed by atoms with E-state index in [0.717, 1.165) is 5.69 Å². The van der Waals surface area contributed by atoms with Crippen molar-refractivity contribution in [3.8, 4) is 0 Å².